The Bertz CT molecular complexity index is 390. The number of nitrogens with one attached hydrogen (secondary N) is 1. The first kappa shape index (κ1) is 15.3. The summed E-state index contributed by atoms with van der Waals surface area (Å²) in [6.45, 7) is 3.69. The number of nitrogens with zero attached hydrogens (tertiary/aromatic N) is 3. The molecular formula is C17H30N4. The molecule has 3 rings (SSSR count). The second-order valence-corrected chi connectivity index (χ2v) is 7.75. The van der Waals surface area contributed by atoms with Crippen LogP contribution < -0.4 is 5.32 Å². The van der Waals surface area contributed by atoms with Gasteiger partial charge in [-0.05, 0) is 78.0 Å². The van der Waals surface area contributed by atoms with E-state index in [1.807, 2.05) is 0 Å². The van der Waals surface area contributed by atoms with Crippen LogP contribution in [0.3, 0.4) is 0 Å². The van der Waals surface area contributed by atoms with Gasteiger partial charge in [0.05, 0.1) is 6.07 Å². The Labute approximate surface area is 129 Å². The van der Waals surface area contributed by atoms with E-state index in [0.29, 0.717) is 12.1 Å². The fraction of sp³-hybridized carbons (Fsp3) is 0.941. The van der Waals surface area contributed by atoms with Crippen molar-refractivity contribution >= 4 is 0 Å². The molecule has 0 aromatic carbocycles. The number of likely N-dealkylation sites (tertiary alicyclic amines) is 1. The van der Waals surface area contributed by atoms with Crippen LogP contribution in [0.4, 0.5) is 0 Å². The minimum atomic E-state index is -0.216. The minimum absolute atomic E-state index is 0.216. The topological polar surface area (TPSA) is 42.3 Å². The second-order valence-electron chi connectivity index (χ2n) is 7.75. The highest BCUT2D eigenvalue weighted by Gasteiger charge is 2.44. The van der Waals surface area contributed by atoms with Gasteiger partial charge in [0.15, 0.2) is 0 Å². The third kappa shape index (κ3) is 3.77. The van der Waals surface area contributed by atoms with Crippen LogP contribution in [0.1, 0.15) is 44.9 Å². The lowest BCUT2D eigenvalue weighted by Crippen LogP contribution is -2.46. The van der Waals surface area contributed by atoms with Gasteiger partial charge in [0.1, 0.15) is 5.54 Å². The van der Waals surface area contributed by atoms with Crippen molar-refractivity contribution < 1.29 is 0 Å². The fourth-order valence-electron chi connectivity index (χ4n) is 4.23. The van der Waals surface area contributed by atoms with Crippen LogP contribution in [0.2, 0.25) is 0 Å². The summed E-state index contributed by atoms with van der Waals surface area (Å²) in [5.41, 5.74) is -0.216. The second kappa shape index (κ2) is 6.24. The predicted octanol–water partition coefficient (Wildman–Crippen LogP) is 1.83. The van der Waals surface area contributed by atoms with E-state index in [1.165, 1.54) is 51.7 Å². The Morgan fingerprint density at radius 3 is 2.48 bits per heavy atom. The van der Waals surface area contributed by atoms with Gasteiger partial charge in [0.2, 0.25) is 0 Å². The summed E-state index contributed by atoms with van der Waals surface area (Å²) in [7, 11) is 4.35. The first-order valence-electron chi connectivity index (χ1n) is 8.68. The Balaban J connectivity index is 1.49. The van der Waals surface area contributed by atoms with Crippen molar-refractivity contribution in [3.8, 4) is 6.07 Å². The smallest absolute Gasteiger partial charge is 0.108 e. The molecule has 1 heterocycles. The number of piperidine rings is 1. The zero-order chi connectivity index (χ0) is 14.9. The van der Waals surface area contributed by atoms with E-state index in [2.05, 4.69) is 35.3 Å². The highest BCUT2D eigenvalue weighted by Crippen LogP contribution is 2.37. The molecule has 4 nitrogen and oxygen atoms in total. The van der Waals surface area contributed by atoms with E-state index in [9.17, 15) is 5.26 Å². The van der Waals surface area contributed by atoms with Crippen LogP contribution >= 0.6 is 0 Å². The molecule has 2 aliphatic carbocycles. The normalized spacial score (nSPS) is 35.2. The van der Waals surface area contributed by atoms with E-state index < -0.39 is 0 Å². The van der Waals surface area contributed by atoms with E-state index in [4.69, 9.17) is 0 Å². The van der Waals surface area contributed by atoms with Crippen LogP contribution in [0.25, 0.3) is 0 Å². The Morgan fingerprint density at radius 2 is 1.90 bits per heavy atom. The van der Waals surface area contributed by atoms with Crippen molar-refractivity contribution in [3.63, 3.8) is 0 Å². The molecule has 0 aromatic rings. The molecule has 1 saturated heterocycles. The minimum Gasteiger partial charge on any atom is -0.309 e. The first-order chi connectivity index (χ1) is 10.1. The van der Waals surface area contributed by atoms with Crippen molar-refractivity contribution in [2.24, 2.45) is 5.92 Å². The quantitative estimate of drug-likeness (QED) is 0.839. The molecule has 1 aliphatic heterocycles. The third-order valence-corrected chi connectivity index (χ3v) is 5.55. The fourth-order valence-corrected chi connectivity index (χ4v) is 4.23. The zero-order valence-electron chi connectivity index (χ0n) is 13.6. The lowest BCUT2D eigenvalue weighted by Gasteiger charge is -2.37. The van der Waals surface area contributed by atoms with E-state index in [0.717, 1.165) is 18.8 Å². The van der Waals surface area contributed by atoms with Crippen LogP contribution in [0, 0.1) is 17.2 Å². The maximum absolute atomic E-state index is 9.61. The summed E-state index contributed by atoms with van der Waals surface area (Å²) in [5, 5.41) is 13.2. The molecular weight excluding hydrogens is 260 g/mol. The van der Waals surface area contributed by atoms with Gasteiger partial charge in [-0.2, -0.15) is 5.26 Å². The summed E-state index contributed by atoms with van der Waals surface area (Å²) in [5.74, 6) is 0.864. The Hall–Kier alpha value is -0.630. The van der Waals surface area contributed by atoms with Crippen molar-refractivity contribution in [2.45, 2.75) is 62.6 Å². The van der Waals surface area contributed by atoms with Gasteiger partial charge in [-0.25, -0.2) is 0 Å². The van der Waals surface area contributed by atoms with Gasteiger partial charge in [0.25, 0.3) is 0 Å². The third-order valence-electron chi connectivity index (χ3n) is 5.55. The summed E-state index contributed by atoms with van der Waals surface area (Å²) in [4.78, 5) is 4.98. The predicted molar refractivity (Wildman–Crippen MR) is 85.0 cm³/mol. The first-order valence-corrected chi connectivity index (χ1v) is 8.68. The highest BCUT2D eigenvalue weighted by atomic mass is 15.2. The maximum atomic E-state index is 9.61. The zero-order valence-corrected chi connectivity index (χ0v) is 13.6. The maximum Gasteiger partial charge on any atom is 0.108 e. The number of nitriles is 1. The molecule has 0 bridgehead atoms. The highest BCUT2D eigenvalue weighted by molar-refractivity contribution is 5.15. The van der Waals surface area contributed by atoms with Crippen LogP contribution in [-0.4, -0.2) is 61.2 Å². The standard InChI is InChI=1S/C17H30N4/c1-20(2)12-14-6-9-21(10-7-14)16-5-8-17(11-16,13-18)19-15-3-4-15/h14-16,19H,3-12H2,1-2H3. The molecule has 118 valence electrons. The van der Waals surface area contributed by atoms with Crippen molar-refractivity contribution in [1.82, 2.24) is 15.1 Å². The van der Waals surface area contributed by atoms with Crippen LogP contribution in [-0.2, 0) is 0 Å². The molecule has 3 aliphatic rings. The lowest BCUT2D eigenvalue weighted by molar-refractivity contribution is 0.118. The average Bonchev–Trinajstić information content (AvgIpc) is 3.17. The number of rotatable bonds is 5. The van der Waals surface area contributed by atoms with E-state index in [1.54, 1.807) is 0 Å². The molecule has 2 atom stereocenters. The average molecular weight is 290 g/mol. The SMILES string of the molecule is CN(C)CC1CCN(C2CCC(C#N)(NC3CC3)C2)CC1. The Morgan fingerprint density at radius 1 is 1.19 bits per heavy atom. The summed E-state index contributed by atoms with van der Waals surface area (Å²) < 4.78 is 0. The molecule has 0 aromatic heterocycles. The van der Waals surface area contributed by atoms with E-state index >= 15 is 0 Å². The Kier molecular flexibility index (Phi) is 4.54. The van der Waals surface area contributed by atoms with Crippen molar-refractivity contribution in [3.05, 3.63) is 0 Å². The van der Waals surface area contributed by atoms with Gasteiger partial charge in [-0.15, -0.1) is 0 Å². The molecule has 1 N–H and O–H groups in total. The van der Waals surface area contributed by atoms with Crippen LogP contribution in [0.15, 0.2) is 0 Å². The van der Waals surface area contributed by atoms with Gasteiger partial charge < -0.3 is 9.80 Å². The monoisotopic (exact) mass is 290 g/mol. The van der Waals surface area contributed by atoms with E-state index in [-0.39, 0.29) is 5.54 Å². The van der Waals surface area contributed by atoms with Gasteiger partial charge in [-0.3, -0.25) is 5.32 Å². The molecule has 0 amide bonds. The molecule has 3 fully saturated rings. The van der Waals surface area contributed by atoms with Crippen molar-refractivity contribution in [1.29, 1.82) is 5.26 Å². The molecule has 2 saturated carbocycles. The lowest BCUT2D eigenvalue weighted by atomic mass is 9.94. The molecule has 0 spiro atoms. The molecule has 4 heteroatoms. The van der Waals surface area contributed by atoms with Gasteiger partial charge in [-0.1, -0.05) is 0 Å². The largest absolute Gasteiger partial charge is 0.309 e. The number of hydrogen-bond donors (Lipinski definition) is 1. The molecule has 2 unspecified atom stereocenters. The molecule has 0 radical (unpaired) electrons. The van der Waals surface area contributed by atoms with Crippen molar-refractivity contribution in [2.75, 3.05) is 33.7 Å². The summed E-state index contributed by atoms with van der Waals surface area (Å²) in [6.07, 6.45) is 8.47. The number of hydrogen-bond acceptors (Lipinski definition) is 4. The molecule has 21 heavy (non-hydrogen) atoms. The van der Waals surface area contributed by atoms with Gasteiger partial charge in [0, 0.05) is 18.6 Å². The summed E-state index contributed by atoms with van der Waals surface area (Å²) in [6, 6.07) is 3.88. The van der Waals surface area contributed by atoms with Crippen LogP contribution in [0.5, 0.6) is 0 Å². The van der Waals surface area contributed by atoms with Gasteiger partial charge >= 0.3 is 0 Å². The summed E-state index contributed by atoms with van der Waals surface area (Å²) >= 11 is 0.